The molecule has 1 amide bonds. The number of methoxy groups -OCH3 is 1. The number of para-hydroxylation sites is 1. The van der Waals surface area contributed by atoms with Gasteiger partial charge < -0.3 is 14.8 Å². The second kappa shape index (κ2) is 8.35. The number of nitrogens with zero attached hydrogens (tertiary/aromatic N) is 2. The van der Waals surface area contributed by atoms with Gasteiger partial charge in [0.05, 0.1) is 30.9 Å². The summed E-state index contributed by atoms with van der Waals surface area (Å²) in [6.07, 6.45) is 1.62. The first-order chi connectivity index (χ1) is 13.1. The number of rotatable bonds is 7. The summed E-state index contributed by atoms with van der Waals surface area (Å²) in [4.78, 5) is 28.9. The third-order valence-electron chi connectivity index (χ3n) is 4.06. The van der Waals surface area contributed by atoms with Crippen LogP contribution in [0.3, 0.4) is 0 Å². The Balaban J connectivity index is 1.66. The zero-order valence-corrected chi connectivity index (χ0v) is 15.3. The van der Waals surface area contributed by atoms with Crippen LogP contribution >= 0.6 is 0 Å². The number of carbonyl (C=O) groups is 1. The monoisotopic (exact) mass is 367 g/mol. The van der Waals surface area contributed by atoms with Gasteiger partial charge in [-0.1, -0.05) is 12.1 Å². The van der Waals surface area contributed by atoms with Gasteiger partial charge in [0.2, 0.25) is 5.91 Å². The van der Waals surface area contributed by atoms with Gasteiger partial charge in [-0.25, -0.2) is 4.98 Å². The molecule has 1 aromatic heterocycles. The Morgan fingerprint density at radius 1 is 1.19 bits per heavy atom. The van der Waals surface area contributed by atoms with E-state index in [-0.39, 0.29) is 24.4 Å². The van der Waals surface area contributed by atoms with Gasteiger partial charge in [0.25, 0.3) is 5.56 Å². The molecule has 0 fully saturated rings. The summed E-state index contributed by atoms with van der Waals surface area (Å²) in [5, 5.41) is 3.34. The largest absolute Gasteiger partial charge is 0.493 e. The summed E-state index contributed by atoms with van der Waals surface area (Å²) in [5.41, 5.74) is 1.09. The van der Waals surface area contributed by atoms with Gasteiger partial charge in [-0.05, 0) is 31.2 Å². The smallest absolute Gasteiger partial charge is 0.261 e. The van der Waals surface area contributed by atoms with E-state index in [4.69, 9.17) is 9.47 Å². The van der Waals surface area contributed by atoms with Gasteiger partial charge in [-0.3, -0.25) is 14.2 Å². The molecule has 0 saturated heterocycles. The van der Waals surface area contributed by atoms with Crippen molar-refractivity contribution in [2.24, 2.45) is 0 Å². The number of amides is 1. The number of carbonyl (C=O) groups excluding carboxylic acids is 1. The van der Waals surface area contributed by atoms with E-state index in [9.17, 15) is 9.59 Å². The van der Waals surface area contributed by atoms with Crippen molar-refractivity contribution in [2.75, 3.05) is 19.0 Å². The van der Waals surface area contributed by atoms with Crippen LogP contribution in [0.4, 0.5) is 5.69 Å². The van der Waals surface area contributed by atoms with Crippen molar-refractivity contribution in [3.8, 4) is 11.5 Å². The maximum atomic E-state index is 12.4. The molecule has 0 aliphatic heterocycles. The second-order valence-electron chi connectivity index (χ2n) is 5.86. The predicted molar refractivity (Wildman–Crippen MR) is 103 cm³/mol. The summed E-state index contributed by atoms with van der Waals surface area (Å²) in [6.45, 7) is 2.66. The average molecular weight is 367 g/mol. The number of fused-ring (bicyclic) bond motifs is 1. The normalized spacial score (nSPS) is 10.6. The second-order valence-corrected chi connectivity index (χ2v) is 5.86. The zero-order chi connectivity index (χ0) is 19.2. The van der Waals surface area contributed by atoms with Crippen molar-refractivity contribution < 1.29 is 14.3 Å². The van der Waals surface area contributed by atoms with Crippen LogP contribution in [0.1, 0.15) is 13.3 Å². The third kappa shape index (κ3) is 4.25. The summed E-state index contributed by atoms with van der Waals surface area (Å²) < 4.78 is 12.2. The molecule has 7 nitrogen and oxygen atoms in total. The Hall–Kier alpha value is -3.35. The highest BCUT2D eigenvalue weighted by Gasteiger charge is 2.09. The predicted octanol–water partition coefficient (Wildman–Crippen LogP) is 2.83. The van der Waals surface area contributed by atoms with Crippen molar-refractivity contribution in [1.29, 1.82) is 0 Å². The average Bonchev–Trinajstić information content (AvgIpc) is 2.69. The Kier molecular flexibility index (Phi) is 5.71. The number of anilines is 1. The summed E-state index contributed by atoms with van der Waals surface area (Å²) in [6, 6.07) is 12.3. The maximum absolute atomic E-state index is 12.4. The molecule has 0 saturated carbocycles. The lowest BCUT2D eigenvalue weighted by Crippen LogP contribution is -2.23. The molecule has 3 aromatic rings. The quantitative estimate of drug-likeness (QED) is 0.694. The van der Waals surface area contributed by atoms with Crippen LogP contribution in [0.15, 0.2) is 53.6 Å². The van der Waals surface area contributed by atoms with Gasteiger partial charge in [0, 0.05) is 24.7 Å². The minimum absolute atomic E-state index is 0.148. The molecule has 1 N–H and O–H groups in total. The molecule has 0 aliphatic carbocycles. The van der Waals surface area contributed by atoms with Crippen LogP contribution in [0.2, 0.25) is 0 Å². The van der Waals surface area contributed by atoms with E-state index in [2.05, 4.69) is 10.3 Å². The number of ether oxygens (including phenoxy) is 2. The summed E-state index contributed by atoms with van der Waals surface area (Å²) >= 11 is 0. The van der Waals surface area contributed by atoms with Gasteiger partial charge >= 0.3 is 0 Å². The fourth-order valence-electron chi connectivity index (χ4n) is 2.73. The lowest BCUT2D eigenvalue weighted by atomic mass is 10.2. The number of hydrogen-bond donors (Lipinski definition) is 1. The molecular weight excluding hydrogens is 346 g/mol. The fraction of sp³-hybridized carbons (Fsp3) is 0.250. The molecule has 7 heteroatoms. The van der Waals surface area contributed by atoms with Crippen LogP contribution in [0.5, 0.6) is 11.5 Å². The zero-order valence-electron chi connectivity index (χ0n) is 15.3. The number of aromatic nitrogens is 2. The highest BCUT2D eigenvalue weighted by Crippen LogP contribution is 2.30. The van der Waals surface area contributed by atoms with E-state index < -0.39 is 0 Å². The molecule has 0 atom stereocenters. The molecule has 140 valence electrons. The number of nitrogens with one attached hydrogen (secondary N) is 1. The van der Waals surface area contributed by atoms with Crippen molar-refractivity contribution in [3.05, 3.63) is 59.1 Å². The van der Waals surface area contributed by atoms with Crippen molar-refractivity contribution >= 4 is 22.5 Å². The molecule has 3 rings (SSSR count). The van der Waals surface area contributed by atoms with Crippen LogP contribution in [0, 0.1) is 0 Å². The molecular formula is C20H21N3O4. The Morgan fingerprint density at radius 3 is 2.78 bits per heavy atom. The summed E-state index contributed by atoms with van der Waals surface area (Å²) in [7, 11) is 1.54. The first kappa shape index (κ1) is 18.4. The lowest BCUT2D eigenvalue weighted by Gasteiger charge is -2.12. The van der Waals surface area contributed by atoms with Gasteiger partial charge in [0.1, 0.15) is 0 Å². The third-order valence-corrected chi connectivity index (χ3v) is 4.06. The van der Waals surface area contributed by atoms with E-state index in [1.807, 2.05) is 13.0 Å². The van der Waals surface area contributed by atoms with Gasteiger partial charge in [-0.15, -0.1) is 0 Å². The van der Waals surface area contributed by atoms with E-state index >= 15 is 0 Å². The van der Waals surface area contributed by atoms with Crippen molar-refractivity contribution in [1.82, 2.24) is 9.55 Å². The van der Waals surface area contributed by atoms with Crippen molar-refractivity contribution in [3.63, 3.8) is 0 Å². The Labute approximate surface area is 156 Å². The van der Waals surface area contributed by atoms with E-state index in [0.717, 1.165) is 0 Å². The molecule has 0 unspecified atom stereocenters. The van der Waals surface area contributed by atoms with Crippen LogP contribution in [-0.2, 0) is 11.3 Å². The fourth-order valence-corrected chi connectivity index (χ4v) is 2.73. The van der Waals surface area contributed by atoms with Gasteiger partial charge in [0.15, 0.2) is 11.5 Å². The molecule has 1 heterocycles. The summed E-state index contributed by atoms with van der Waals surface area (Å²) in [5.74, 6) is 0.956. The molecule has 2 aromatic carbocycles. The topological polar surface area (TPSA) is 82.5 Å². The van der Waals surface area contributed by atoms with Crippen LogP contribution < -0.4 is 20.3 Å². The van der Waals surface area contributed by atoms with Crippen LogP contribution in [-0.4, -0.2) is 29.2 Å². The highest BCUT2D eigenvalue weighted by molar-refractivity contribution is 5.91. The Bertz CT molecular complexity index is 1010. The maximum Gasteiger partial charge on any atom is 0.261 e. The molecule has 0 bridgehead atoms. The van der Waals surface area contributed by atoms with E-state index in [1.54, 1.807) is 43.5 Å². The minimum Gasteiger partial charge on any atom is -0.493 e. The molecule has 0 radical (unpaired) electrons. The lowest BCUT2D eigenvalue weighted by molar-refractivity contribution is -0.116. The SMILES string of the molecule is CCOc1ccc(NC(=O)CCn2cnc3ccccc3c2=O)cc1OC. The first-order valence-electron chi connectivity index (χ1n) is 8.67. The van der Waals surface area contributed by atoms with Crippen molar-refractivity contribution in [2.45, 2.75) is 19.9 Å². The highest BCUT2D eigenvalue weighted by atomic mass is 16.5. The number of hydrogen-bond acceptors (Lipinski definition) is 5. The van der Waals surface area contributed by atoms with Crippen LogP contribution in [0.25, 0.3) is 10.9 Å². The standard InChI is InChI=1S/C20H21N3O4/c1-3-27-17-9-8-14(12-18(17)26-2)22-19(24)10-11-23-13-21-16-7-5-4-6-15(16)20(23)25/h4-9,12-13H,3,10-11H2,1-2H3,(H,22,24). The number of aryl methyl sites for hydroxylation is 1. The van der Waals surface area contributed by atoms with E-state index in [1.165, 1.54) is 10.9 Å². The number of benzene rings is 2. The van der Waals surface area contributed by atoms with Gasteiger partial charge in [-0.2, -0.15) is 0 Å². The molecule has 0 aliphatic rings. The molecule has 0 spiro atoms. The minimum atomic E-state index is -0.207. The Morgan fingerprint density at radius 2 is 2.00 bits per heavy atom. The molecule has 27 heavy (non-hydrogen) atoms. The van der Waals surface area contributed by atoms with E-state index in [0.29, 0.717) is 34.7 Å². The first-order valence-corrected chi connectivity index (χ1v) is 8.67.